The fourth-order valence-corrected chi connectivity index (χ4v) is 4.50. The summed E-state index contributed by atoms with van der Waals surface area (Å²) in [4.78, 5) is 27.7. The monoisotopic (exact) mass is 488 g/mol. The highest BCUT2D eigenvalue weighted by Crippen LogP contribution is 2.42. The van der Waals surface area contributed by atoms with Crippen molar-refractivity contribution in [1.29, 1.82) is 0 Å². The summed E-state index contributed by atoms with van der Waals surface area (Å²) < 4.78 is 49.2. The van der Waals surface area contributed by atoms with Gasteiger partial charge in [0, 0.05) is 38.7 Å². The Morgan fingerprint density at radius 3 is 2.50 bits per heavy atom. The van der Waals surface area contributed by atoms with Crippen LogP contribution in [0.5, 0.6) is 0 Å². The van der Waals surface area contributed by atoms with Gasteiger partial charge in [-0.05, 0) is 56.6 Å². The molecule has 0 saturated carbocycles. The Labute approximate surface area is 196 Å². The number of alkyl halides is 3. The Morgan fingerprint density at radius 1 is 1.21 bits per heavy atom. The predicted octanol–water partition coefficient (Wildman–Crippen LogP) is 3.09. The molecule has 1 N–H and O–H groups in total. The van der Waals surface area contributed by atoms with Crippen molar-refractivity contribution >= 4 is 11.9 Å². The fraction of sp³-hybridized carbons (Fsp3) is 0.696. The van der Waals surface area contributed by atoms with Crippen LogP contribution >= 0.6 is 0 Å². The van der Waals surface area contributed by atoms with Crippen molar-refractivity contribution < 1.29 is 42.1 Å². The molecule has 1 unspecified atom stereocenters. The molecule has 0 aliphatic carbocycles. The van der Waals surface area contributed by atoms with Gasteiger partial charge >= 0.3 is 12.1 Å². The number of halogens is 3. The highest BCUT2D eigenvalue weighted by molar-refractivity contribution is 5.93. The Balaban J connectivity index is 0.000000406. The number of nitrogens with zero attached hydrogens (tertiary/aromatic N) is 2. The van der Waals surface area contributed by atoms with Gasteiger partial charge in [-0.1, -0.05) is 6.07 Å². The van der Waals surface area contributed by atoms with Gasteiger partial charge < -0.3 is 24.2 Å². The quantitative estimate of drug-likeness (QED) is 0.615. The highest BCUT2D eigenvalue weighted by atomic mass is 19.4. The van der Waals surface area contributed by atoms with Gasteiger partial charge in [-0.3, -0.25) is 4.79 Å². The maximum Gasteiger partial charge on any atom is 0.490 e. The first-order valence-electron chi connectivity index (χ1n) is 11.4. The summed E-state index contributed by atoms with van der Waals surface area (Å²) in [5, 5.41) is 7.12. The van der Waals surface area contributed by atoms with Gasteiger partial charge in [0.25, 0.3) is 5.91 Å². The van der Waals surface area contributed by atoms with E-state index in [9.17, 15) is 18.0 Å². The number of carbonyl (C=O) groups is 2. The lowest BCUT2D eigenvalue weighted by Gasteiger charge is -2.50. The Hall–Kier alpha value is -2.24. The Kier molecular flexibility index (Phi) is 8.89. The van der Waals surface area contributed by atoms with Crippen molar-refractivity contribution in [2.24, 2.45) is 11.8 Å². The average Bonchev–Trinajstić information content (AvgIpc) is 3.20. The summed E-state index contributed by atoms with van der Waals surface area (Å²) in [5.41, 5.74) is 1.23. The minimum atomic E-state index is -5.08. The van der Waals surface area contributed by atoms with Crippen LogP contribution in [-0.4, -0.2) is 84.8 Å². The van der Waals surface area contributed by atoms with Gasteiger partial charge in [0.2, 0.25) is 0 Å². The molecular weight excluding hydrogens is 457 g/mol. The van der Waals surface area contributed by atoms with E-state index in [0.29, 0.717) is 30.6 Å². The average molecular weight is 489 g/mol. The smallest absolute Gasteiger partial charge is 0.475 e. The van der Waals surface area contributed by atoms with Crippen LogP contribution in [0.25, 0.3) is 0 Å². The largest absolute Gasteiger partial charge is 0.490 e. The van der Waals surface area contributed by atoms with E-state index in [4.69, 9.17) is 24.1 Å². The number of carboxylic acids is 1. The maximum atomic E-state index is 12.6. The van der Waals surface area contributed by atoms with Crippen LogP contribution in [0.1, 0.15) is 41.9 Å². The van der Waals surface area contributed by atoms with Gasteiger partial charge in [0.15, 0.2) is 0 Å². The molecule has 3 fully saturated rings. The highest BCUT2D eigenvalue weighted by Gasteiger charge is 2.54. The molecule has 34 heavy (non-hydrogen) atoms. The minimum absolute atomic E-state index is 0.00865. The topological polar surface area (TPSA) is 98.2 Å². The summed E-state index contributed by atoms with van der Waals surface area (Å²) in [7, 11) is 0. The van der Waals surface area contributed by atoms with Gasteiger partial charge in [-0.15, -0.1) is 0 Å². The third kappa shape index (κ3) is 6.89. The van der Waals surface area contributed by atoms with E-state index in [-0.39, 0.29) is 11.5 Å². The lowest BCUT2D eigenvalue weighted by molar-refractivity contribution is -0.192. The number of rotatable bonds is 6. The third-order valence-electron chi connectivity index (χ3n) is 6.46. The predicted molar refractivity (Wildman–Crippen MR) is 114 cm³/mol. The second-order valence-electron chi connectivity index (χ2n) is 8.95. The van der Waals surface area contributed by atoms with E-state index >= 15 is 0 Å². The van der Waals surface area contributed by atoms with Crippen LogP contribution in [-0.2, 0) is 19.0 Å². The summed E-state index contributed by atoms with van der Waals surface area (Å²) in [5.74, 6) is -1.63. The van der Waals surface area contributed by atoms with Crippen LogP contribution in [0.4, 0.5) is 13.2 Å². The molecule has 4 rings (SSSR count). The second kappa shape index (κ2) is 11.5. The Bertz CT molecular complexity index is 838. The zero-order valence-electron chi connectivity index (χ0n) is 19.2. The van der Waals surface area contributed by atoms with Crippen molar-refractivity contribution in [2.75, 3.05) is 46.1 Å². The first kappa shape index (κ1) is 26.4. The van der Waals surface area contributed by atoms with Crippen LogP contribution in [0.15, 0.2) is 18.2 Å². The van der Waals surface area contributed by atoms with Gasteiger partial charge in [-0.25, -0.2) is 9.78 Å². The van der Waals surface area contributed by atoms with E-state index in [1.807, 2.05) is 24.0 Å². The van der Waals surface area contributed by atoms with Gasteiger partial charge in [0.1, 0.15) is 11.3 Å². The van der Waals surface area contributed by atoms with Crippen molar-refractivity contribution in [3.05, 3.63) is 29.6 Å². The molecule has 0 radical (unpaired) electrons. The summed E-state index contributed by atoms with van der Waals surface area (Å²) in [6, 6.07) is 5.58. The molecule has 8 nitrogen and oxygen atoms in total. The molecule has 1 amide bonds. The number of amides is 1. The van der Waals surface area contributed by atoms with Gasteiger partial charge in [-0.2, -0.15) is 13.2 Å². The number of hydrogen-bond acceptors (Lipinski definition) is 6. The van der Waals surface area contributed by atoms with Crippen LogP contribution in [0.3, 0.4) is 0 Å². The number of hydrogen-bond donors (Lipinski definition) is 1. The third-order valence-corrected chi connectivity index (χ3v) is 6.46. The summed E-state index contributed by atoms with van der Waals surface area (Å²) in [6.45, 7) is 7.40. The van der Waals surface area contributed by atoms with E-state index in [1.54, 1.807) is 6.07 Å². The summed E-state index contributed by atoms with van der Waals surface area (Å²) in [6.07, 6.45) is -0.791. The number of likely N-dealkylation sites (tertiary alicyclic amines) is 1. The summed E-state index contributed by atoms with van der Waals surface area (Å²) >= 11 is 0. The fourth-order valence-electron chi connectivity index (χ4n) is 4.50. The normalized spacial score (nSPS) is 22.1. The minimum Gasteiger partial charge on any atom is -0.475 e. The van der Waals surface area contributed by atoms with E-state index < -0.39 is 12.1 Å². The van der Waals surface area contributed by atoms with Crippen molar-refractivity contribution in [3.63, 3.8) is 0 Å². The van der Waals surface area contributed by atoms with Crippen LogP contribution < -0.4 is 0 Å². The number of carbonyl (C=O) groups excluding carboxylic acids is 1. The van der Waals surface area contributed by atoms with Crippen molar-refractivity contribution in [1.82, 2.24) is 9.88 Å². The van der Waals surface area contributed by atoms with Crippen LogP contribution in [0, 0.1) is 18.8 Å². The molecule has 3 saturated heterocycles. The molecule has 190 valence electrons. The number of ether oxygens (including phenoxy) is 3. The number of aliphatic carboxylic acids is 1. The zero-order valence-corrected chi connectivity index (χ0v) is 19.2. The molecule has 1 aromatic rings. The Morgan fingerprint density at radius 2 is 1.88 bits per heavy atom. The van der Waals surface area contributed by atoms with E-state index in [0.717, 1.165) is 64.4 Å². The maximum absolute atomic E-state index is 12.6. The molecule has 1 atom stereocenters. The first-order chi connectivity index (χ1) is 16.1. The molecule has 1 spiro atoms. The van der Waals surface area contributed by atoms with Crippen molar-refractivity contribution in [2.45, 2.75) is 44.4 Å². The SMILES string of the molecule is Cc1cccc(C(=O)N2CC3(C2)OCCC3CCOCC2CCOCC2)n1.O=C(O)C(F)(F)F. The zero-order chi connectivity index (χ0) is 24.8. The lowest BCUT2D eigenvalue weighted by Crippen LogP contribution is -2.66. The van der Waals surface area contributed by atoms with E-state index in [2.05, 4.69) is 4.98 Å². The second-order valence-corrected chi connectivity index (χ2v) is 8.95. The molecule has 0 bridgehead atoms. The molecular formula is C23H31F3N2O6. The molecule has 0 aromatic carbocycles. The van der Waals surface area contributed by atoms with Crippen molar-refractivity contribution in [3.8, 4) is 0 Å². The molecule has 3 aliphatic rings. The number of carboxylic acid groups (broad SMARTS) is 1. The molecule has 3 aliphatic heterocycles. The number of aromatic nitrogens is 1. The molecule has 1 aromatic heterocycles. The van der Waals surface area contributed by atoms with E-state index in [1.165, 1.54) is 0 Å². The van der Waals surface area contributed by atoms with Crippen LogP contribution in [0.2, 0.25) is 0 Å². The first-order valence-corrected chi connectivity index (χ1v) is 11.4. The molecule has 11 heteroatoms. The molecule has 4 heterocycles. The standard InChI is InChI=1S/C21H30N2O4.C2HF3O2/c1-16-3-2-4-19(22-16)20(24)23-14-21(15-23)18(8-12-27-21)7-11-26-13-17-5-9-25-10-6-17;3-2(4,5)1(6)7/h2-4,17-18H,5-15H2,1H3;(H,6,7). The number of pyridine rings is 1. The van der Waals surface area contributed by atoms with Gasteiger partial charge in [0.05, 0.1) is 13.1 Å². The lowest BCUT2D eigenvalue weighted by atomic mass is 9.79. The number of aryl methyl sites for hydroxylation is 1.